The topological polar surface area (TPSA) is 38.1 Å². The average molecular weight is 284 g/mol. The first-order valence-corrected chi connectivity index (χ1v) is 6.75. The number of anilines is 1. The predicted molar refractivity (Wildman–Crippen MR) is 70.5 cm³/mol. The monoisotopic (exact) mass is 284 g/mol. The fraction of sp³-hybridized carbons (Fsp3) is 0.308. The maximum absolute atomic E-state index is 13.7. The molecular weight excluding hydrogens is 270 g/mol. The molecule has 0 saturated carbocycles. The Labute approximate surface area is 114 Å². The van der Waals surface area contributed by atoms with E-state index in [0.717, 1.165) is 29.1 Å². The van der Waals surface area contributed by atoms with Crippen LogP contribution in [0.2, 0.25) is 0 Å². The maximum Gasteiger partial charge on any atom is 0.168 e. The van der Waals surface area contributed by atoms with Crippen LogP contribution in [0.5, 0.6) is 0 Å². The van der Waals surface area contributed by atoms with Crippen molar-refractivity contribution in [1.82, 2.24) is 4.98 Å². The molecule has 0 unspecified atom stereocenters. The third kappa shape index (κ3) is 3.26. The Kier molecular flexibility index (Phi) is 4.42. The van der Waals surface area contributed by atoms with Crippen molar-refractivity contribution in [3.63, 3.8) is 0 Å². The maximum atomic E-state index is 13.7. The summed E-state index contributed by atoms with van der Waals surface area (Å²) in [6.07, 6.45) is 2.36. The highest BCUT2D eigenvalue weighted by Gasteiger charge is 2.14. The molecule has 0 aliphatic heterocycles. The van der Waals surface area contributed by atoms with Gasteiger partial charge in [0.2, 0.25) is 0 Å². The Balaban J connectivity index is 2.27. The summed E-state index contributed by atoms with van der Waals surface area (Å²) in [5.74, 6) is -0.602. The molecule has 0 fully saturated rings. The summed E-state index contributed by atoms with van der Waals surface area (Å²) >= 11 is 1.12. The zero-order valence-electron chi connectivity index (χ0n) is 10.7. The number of halogens is 2. The van der Waals surface area contributed by atoms with Gasteiger partial charge in [0.1, 0.15) is 10.8 Å². The van der Waals surface area contributed by atoms with Crippen molar-refractivity contribution in [2.45, 2.75) is 30.2 Å². The van der Waals surface area contributed by atoms with E-state index in [2.05, 4.69) is 10.3 Å². The molecule has 0 amide bonds. The third-order valence-electron chi connectivity index (χ3n) is 2.46. The number of hydrogen-bond acceptors (Lipinski definition) is 4. The van der Waals surface area contributed by atoms with Gasteiger partial charge in [-0.1, -0.05) is 18.7 Å². The molecule has 2 aromatic heterocycles. The number of aromatic nitrogens is 1. The molecule has 0 saturated heterocycles. The summed E-state index contributed by atoms with van der Waals surface area (Å²) in [5, 5.41) is 2.96. The van der Waals surface area contributed by atoms with Gasteiger partial charge in [-0.2, -0.15) is 0 Å². The van der Waals surface area contributed by atoms with Gasteiger partial charge >= 0.3 is 0 Å². The van der Waals surface area contributed by atoms with E-state index in [1.165, 1.54) is 6.26 Å². The third-order valence-corrected chi connectivity index (χ3v) is 3.58. The first-order chi connectivity index (χ1) is 9.11. The van der Waals surface area contributed by atoms with E-state index in [-0.39, 0.29) is 10.8 Å². The minimum atomic E-state index is -0.681. The minimum Gasteiger partial charge on any atom is -0.468 e. The molecule has 0 spiro atoms. The second kappa shape index (κ2) is 6.06. The van der Waals surface area contributed by atoms with Crippen molar-refractivity contribution in [2.75, 3.05) is 11.9 Å². The summed E-state index contributed by atoms with van der Waals surface area (Å²) in [4.78, 5) is 4.75. The Bertz CT molecular complexity index is 572. The van der Waals surface area contributed by atoms with Crippen molar-refractivity contribution in [2.24, 2.45) is 0 Å². The average Bonchev–Trinajstić information content (AvgIpc) is 2.77. The van der Waals surface area contributed by atoms with E-state index in [1.54, 1.807) is 13.0 Å². The van der Waals surface area contributed by atoms with Gasteiger partial charge in [-0.3, -0.25) is 0 Å². The zero-order chi connectivity index (χ0) is 13.8. The number of pyridine rings is 1. The number of nitrogens with one attached hydrogen (secondary N) is 1. The fourth-order valence-electron chi connectivity index (χ4n) is 1.47. The number of aryl methyl sites for hydroxylation is 1. The number of hydrogen-bond donors (Lipinski definition) is 1. The highest BCUT2D eigenvalue weighted by Crippen LogP contribution is 2.32. The van der Waals surface area contributed by atoms with Crippen molar-refractivity contribution < 1.29 is 13.2 Å². The van der Waals surface area contributed by atoms with Crippen LogP contribution in [0.25, 0.3) is 0 Å². The minimum absolute atomic E-state index is 0.0758. The van der Waals surface area contributed by atoms with Crippen LogP contribution in [0.1, 0.15) is 19.1 Å². The van der Waals surface area contributed by atoms with E-state index < -0.39 is 11.6 Å². The second-order valence-electron chi connectivity index (χ2n) is 3.98. The smallest absolute Gasteiger partial charge is 0.168 e. The lowest BCUT2D eigenvalue weighted by molar-refractivity contribution is 0.526. The van der Waals surface area contributed by atoms with Crippen molar-refractivity contribution >= 4 is 17.6 Å². The Morgan fingerprint density at radius 1 is 1.37 bits per heavy atom. The summed E-state index contributed by atoms with van der Waals surface area (Å²) in [5.41, 5.74) is 0. The van der Waals surface area contributed by atoms with Gasteiger partial charge in [-0.25, -0.2) is 13.8 Å². The lowest BCUT2D eigenvalue weighted by atomic mass is 10.4. The molecule has 6 heteroatoms. The molecule has 2 rings (SSSR count). The van der Waals surface area contributed by atoms with Gasteiger partial charge in [0, 0.05) is 12.6 Å². The number of rotatable bonds is 5. The lowest BCUT2D eigenvalue weighted by Gasteiger charge is -2.08. The normalized spacial score (nSPS) is 10.7. The molecule has 0 aliphatic rings. The highest BCUT2D eigenvalue weighted by atomic mass is 32.2. The fourth-order valence-corrected chi connectivity index (χ4v) is 2.29. The largest absolute Gasteiger partial charge is 0.468 e. The van der Waals surface area contributed by atoms with Crippen LogP contribution in [-0.2, 0) is 0 Å². The number of nitrogens with zero attached hydrogens (tertiary/aromatic N) is 1. The standard InChI is InChI=1S/C13H14F2N2OS/c1-3-5-16-12-9(14)7-10(15)13(17-12)19-11-4-6-18-8(11)2/h4,6-7H,3,5H2,1-2H3,(H,16,17). The molecule has 0 aromatic carbocycles. The van der Waals surface area contributed by atoms with Crippen molar-refractivity contribution in [3.05, 3.63) is 35.8 Å². The molecule has 3 nitrogen and oxygen atoms in total. The predicted octanol–water partition coefficient (Wildman–Crippen LogP) is 4.23. The Morgan fingerprint density at radius 2 is 2.16 bits per heavy atom. The van der Waals surface area contributed by atoms with Gasteiger partial charge in [0.15, 0.2) is 17.5 Å². The quantitative estimate of drug-likeness (QED) is 0.891. The van der Waals surface area contributed by atoms with E-state index >= 15 is 0 Å². The molecule has 0 atom stereocenters. The highest BCUT2D eigenvalue weighted by molar-refractivity contribution is 7.99. The van der Waals surface area contributed by atoms with E-state index in [4.69, 9.17) is 4.42 Å². The van der Waals surface area contributed by atoms with Crippen molar-refractivity contribution in [1.29, 1.82) is 0 Å². The van der Waals surface area contributed by atoms with E-state index in [1.807, 2.05) is 6.92 Å². The van der Waals surface area contributed by atoms with Crippen LogP contribution in [-0.4, -0.2) is 11.5 Å². The van der Waals surface area contributed by atoms with Gasteiger partial charge in [0.25, 0.3) is 0 Å². The van der Waals surface area contributed by atoms with Gasteiger partial charge in [-0.15, -0.1) is 0 Å². The second-order valence-corrected chi connectivity index (χ2v) is 5.01. The van der Waals surface area contributed by atoms with E-state index in [0.29, 0.717) is 12.3 Å². The molecule has 102 valence electrons. The lowest BCUT2D eigenvalue weighted by Crippen LogP contribution is -2.06. The van der Waals surface area contributed by atoms with E-state index in [9.17, 15) is 8.78 Å². The summed E-state index contributed by atoms with van der Waals surface area (Å²) in [6, 6.07) is 2.58. The molecule has 2 heterocycles. The SMILES string of the molecule is CCCNc1nc(Sc2ccoc2C)c(F)cc1F. The van der Waals surface area contributed by atoms with Crippen LogP contribution in [0, 0.1) is 18.6 Å². The van der Waals surface area contributed by atoms with Crippen LogP contribution in [0.15, 0.2) is 32.7 Å². The summed E-state index contributed by atoms with van der Waals surface area (Å²) in [7, 11) is 0. The first kappa shape index (κ1) is 13.9. The van der Waals surface area contributed by atoms with Gasteiger partial charge in [0.05, 0.1) is 11.2 Å². The zero-order valence-corrected chi connectivity index (χ0v) is 11.5. The molecule has 0 bridgehead atoms. The molecule has 2 aromatic rings. The Hall–Kier alpha value is -1.56. The summed E-state index contributed by atoms with van der Waals surface area (Å²) < 4.78 is 32.3. The van der Waals surface area contributed by atoms with Crippen LogP contribution in [0.3, 0.4) is 0 Å². The van der Waals surface area contributed by atoms with Crippen LogP contribution in [0.4, 0.5) is 14.6 Å². The first-order valence-electron chi connectivity index (χ1n) is 5.93. The molecule has 0 aliphatic carbocycles. The molecule has 1 N–H and O–H groups in total. The molecule has 0 radical (unpaired) electrons. The Morgan fingerprint density at radius 3 is 2.79 bits per heavy atom. The van der Waals surface area contributed by atoms with Crippen LogP contribution >= 0.6 is 11.8 Å². The van der Waals surface area contributed by atoms with Gasteiger partial charge < -0.3 is 9.73 Å². The summed E-state index contributed by atoms with van der Waals surface area (Å²) in [6.45, 7) is 4.32. The number of furan rings is 1. The molecular formula is C13H14F2N2OS. The van der Waals surface area contributed by atoms with Gasteiger partial charge in [-0.05, 0) is 19.4 Å². The van der Waals surface area contributed by atoms with Crippen LogP contribution < -0.4 is 5.32 Å². The molecule has 19 heavy (non-hydrogen) atoms. The van der Waals surface area contributed by atoms with Crippen molar-refractivity contribution in [3.8, 4) is 0 Å².